The van der Waals surface area contributed by atoms with Crippen molar-refractivity contribution in [3.8, 4) is 10.6 Å². The minimum atomic E-state index is 0.0384. The molecule has 0 atom stereocenters. The smallest absolute Gasteiger partial charge is 0.274 e. The zero-order chi connectivity index (χ0) is 14.1. The second-order valence-electron chi connectivity index (χ2n) is 5.11. The Hall–Kier alpha value is -1.66. The molecule has 2 aromatic heterocycles. The van der Waals surface area contributed by atoms with E-state index in [1.165, 1.54) is 0 Å². The van der Waals surface area contributed by atoms with Crippen LogP contribution in [-0.2, 0) is 7.05 Å². The van der Waals surface area contributed by atoms with Crippen molar-refractivity contribution in [2.24, 2.45) is 7.05 Å². The summed E-state index contributed by atoms with van der Waals surface area (Å²) in [7, 11) is 3.97. The van der Waals surface area contributed by atoms with E-state index < -0.39 is 0 Å². The van der Waals surface area contributed by atoms with Crippen molar-refractivity contribution < 1.29 is 4.79 Å². The van der Waals surface area contributed by atoms with E-state index in [2.05, 4.69) is 17.0 Å². The molecule has 1 fully saturated rings. The monoisotopic (exact) mass is 290 g/mol. The van der Waals surface area contributed by atoms with Crippen LogP contribution in [0.25, 0.3) is 10.6 Å². The summed E-state index contributed by atoms with van der Waals surface area (Å²) in [6, 6.07) is 5.95. The van der Waals surface area contributed by atoms with Crippen molar-refractivity contribution in [1.82, 2.24) is 19.6 Å². The maximum absolute atomic E-state index is 12.5. The number of rotatable bonds is 2. The molecule has 3 rings (SSSR count). The number of nitrogens with zero attached hydrogens (tertiary/aromatic N) is 4. The summed E-state index contributed by atoms with van der Waals surface area (Å²) in [4.78, 5) is 17.7. The standard InChI is InChI=1S/C14H18N4OS/c1-16-5-7-18(8-6-16)14(19)11-10-12(17(2)15-11)13-4-3-9-20-13/h3-4,9-10H,5-8H2,1-2H3. The molecule has 1 saturated heterocycles. The van der Waals surface area contributed by atoms with Crippen LogP contribution in [0.2, 0.25) is 0 Å². The van der Waals surface area contributed by atoms with Crippen molar-refractivity contribution in [1.29, 1.82) is 0 Å². The minimum absolute atomic E-state index is 0.0384. The average molecular weight is 290 g/mol. The topological polar surface area (TPSA) is 41.4 Å². The van der Waals surface area contributed by atoms with Gasteiger partial charge >= 0.3 is 0 Å². The summed E-state index contributed by atoms with van der Waals surface area (Å²) in [5, 5.41) is 6.41. The fraction of sp³-hybridized carbons (Fsp3) is 0.429. The van der Waals surface area contributed by atoms with Gasteiger partial charge in [0.1, 0.15) is 0 Å². The Morgan fingerprint density at radius 3 is 2.65 bits per heavy atom. The molecule has 5 nitrogen and oxygen atoms in total. The molecule has 0 unspecified atom stereocenters. The molecule has 0 spiro atoms. The third kappa shape index (κ3) is 2.48. The number of aryl methyl sites for hydroxylation is 1. The van der Waals surface area contributed by atoms with E-state index >= 15 is 0 Å². The molecule has 20 heavy (non-hydrogen) atoms. The zero-order valence-corrected chi connectivity index (χ0v) is 12.6. The Morgan fingerprint density at radius 1 is 1.25 bits per heavy atom. The van der Waals surface area contributed by atoms with E-state index in [-0.39, 0.29) is 5.91 Å². The predicted molar refractivity (Wildman–Crippen MR) is 79.9 cm³/mol. The van der Waals surface area contributed by atoms with Gasteiger partial charge in [0.25, 0.3) is 5.91 Å². The second-order valence-corrected chi connectivity index (χ2v) is 6.06. The lowest BCUT2D eigenvalue weighted by Gasteiger charge is -2.31. The Balaban J connectivity index is 1.81. The van der Waals surface area contributed by atoms with Gasteiger partial charge in [-0.1, -0.05) is 6.07 Å². The SMILES string of the molecule is CN1CCN(C(=O)c2cc(-c3cccs3)n(C)n2)CC1. The predicted octanol–water partition coefficient (Wildman–Crippen LogP) is 1.54. The number of piperazine rings is 1. The maximum Gasteiger partial charge on any atom is 0.274 e. The van der Waals surface area contributed by atoms with Crippen molar-refractivity contribution in [3.05, 3.63) is 29.3 Å². The first-order valence-corrected chi connectivity index (χ1v) is 7.59. The van der Waals surface area contributed by atoms with E-state index in [9.17, 15) is 4.79 Å². The molecule has 106 valence electrons. The Labute approximate surface area is 122 Å². The third-order valence-electron chi connectivity index (χ3n) is 3.66. The summed E-state index contributed by atoms with van der Waals surface area (Å²) in [5.41, 5.74) is 1.54. The molecule has 0 aromatic carbocycles. The first-order valence-electron chi connectivity index (χ1n) is 6.71. The number of carbonyl (C=O) groups excluding carboxylic acids is 1. The number of hydrogen-bond acceptors (Lipinski definition) is 4. The van der Waals surface area contributed by atoms with Crippen LogP contribution in [0.1, 0.15) is 10.5 Å². The number of aromatic nitrogens is 2. The fourth-order valence-corrected chi connectivity index (χ4v) is 3.17. The number of amides is 1. The third-order valence-corrected chi connectivity index (χ3v) is 4.56. The van der Waals surface area contributed by atoms with Crippen molar-refractivity contribution >= 4 is 17.2 Å². The quantitative estimate of drug-likeness (QED) is 0.842. The number of thiophene rings is 1. The van der Waals surface area contributed by atoms with E-state index in [1.54, 1.807) is 16.0 Å². The number of carbonyl (C=O) groups is 1. The molecule has 0 bridgehead atoms. The lowest BCUT2D eigenvalue weighted by Crippen LogP contribution is -2.47. The van der Waals surface area contributed by atoms with Gasteiger partial charge in [-0.2, -0.15) is 5.10 Å². The zero-order valence-electron chi connectivity index (χ0n) is 11.7. The first kappa shape index (κ1) is 13.3. The molecule has 1 aliphatic heterocycles. The van der Waals surface area contributed by atoms with Crippen LogP contribution in [0.4, 0.5) is 0 Å². The van der Waals surface area contributed by atoms with Crippen LogP contribution in [0.15, 0.2) is 23.6 Å². The van der Waals surface area contributed by atoms with E-state index in [4.69, 9.17) is 0 Å². The lowest BCUT2D eigenvalue weighted by molar-refractivity contribution is 0.0657. The van der Waals surface area contributed by atoms with Gasteiger partial charge in [-0.15, -0.1) is 11.3 Å². The summed E-state index contributed by atoms with van der Waals surface area (Å²) < 4.78 is 1.79. The van der Waals surface area contributed by atoms with Crippen LogP contribution in [-0.4, -0.2) is 58.7 Å². The van der Waals surface area contributed by atoms with Crippen molar-refractivity contribution in [2.45, 2.75) is 0 Å². The fourth-order valence-electron chi connectivity index (χ4n) is 2.40. The summed E-state index contributed by atoms with van der Waals surface area (Å²) in [5.74, 6) is 0.0384. The van der Waals surface area contributed by atoms with Crippen LogP contribution < -0.4 is 0 Å². The van der Waals surface area contributed by atoms with E-state index in [1.807, 2.05) is 35.5 Å². The molecular weight excluding hydrogens is 272 g/mol. The van der Waals surface area contributed by atoms with E-state index in [0.717, 1.165) is 36.8 Å². The van der Waals surface area contributed by atoms with Crippen LogP contribution in [0.5, 0.6) is 0 Å². The van der Waals surface area contributed by atoms with Crippen LogP contribution in [0.3, 0.4) is 0 Å². The maximum atomic E-state index is 12.5. The molecule has 3 heterocycles. The molecule has 2 aromatic rings. The lowest BCUT2D eigenvalue weighted by atomic mass is 10.2. The highest BCUT2D eigenvalue weighted by atomic mass is 32.1. The Morgan fingerprint density at radius 2 is 2.00 bits per heavy atom. The highest BCUT2D eigenvalue weighted by Crippen LogP contribution is 2.25. The van der Waals surface area contributed by atoms with Crippen LogP contribution >= 0.6 is 11.3 Å². The highest BCUT2D eigenvalue weighted by Gasteiger charge is 2.23. The molecule has 0 radical (unpaired) electrons. The normalized spacial score (nSPS) is 16.6. The summed E-state index contributed by atoms with van der Waals surface area (Å²) >= 11 is 1.66. The highest BCUT2D eigenvalue weighted by molar-refractivity contribution is 7.13. The van der Waals surface area contributed by atoms with Gasteiger partial charge in [0.05, 0.1) is 10.6 Å². The van der Waals surface area contributed by atoms with Gasteiger partial charge in [0.15, 0.2) is 5.69 Å². The van der Waals surface area contributed by atoms with Gasteiger partial charge in [0, 0.05) is 33.2 Å². The Kier molecular flexibility index (Phi) is 3.58. The van der Waals surface area contributed by atoms with Gasteiger partial charge in [-0.3, -0.25) is 9.48 Å². The molecule has 1 aliphatic rings. The van der Waals surface area contributed by atoms with E-state index in [0.29, 0.717) is 5.69 Å². The average Bonchev–Trinajstić information content (AvgIpc) is 3.07. The Bertz CT molecular complexity index is 597. The number of hydrogen-bond donors (Lipinski definition) is 0. The number of likely N-dealkylation sites (N-methyl/N-ethyl adjacent to an activating group) is 1. The van der Waals surface area contributed by atoms with Crippen molar-refractivity contribution in [2.75, 3.05) is 33.2 Å². The van der Waals surface area contributed by atoms with Crippen LogP contribution in [0, 0.1) is 0 Å². The largest absolute Gasteiger partial charge is 0.335 e. The molecule has 0 aliphatic carbocycles. The summed E-state index contributed by atoms with van der Waals surface area (Å²) in [6.07, 6.45) is 0. The summed E-state index contributed by atoms with van der Waals surface area (Å²) in [6.45, 7) is 3.41. The van der Waals surface area contributed by atoms with Gasteiger partial charge in [-0.25, -0.2) is 0 Å². The molecule has 0 saturated carbocycles. The molecule has 6 heteroatoms. The molecule has 1 amide bonds. The molecular formula is C14H18N4OS. The van der Waals surface area contributed by atoms with Crippen molar-refractivity contribution in [3.63, 3.8) is 0 Å². The van der Waals surface area contributed by atoms with Gasteiger partial charge < -0.3 is 9.80 Å². The van der Waals surface area contributed by atoms with Gasteiger partial charge in [-0.05, 0) is 24.6 Å². The second kappa shape index (κ2) is 5.38. The first-order chi connectivity index (χ1) is 9.65. The molecule has 0 N–H and O–H groups in total. The minimum Gasteiger partial charge on any atom is -0.335 e. The van der Waals surface area contributed by atoms with Gasteiger partial charge in [0.2, 0.25) is 0 Å².